The summed E-state index contributed by atoms with van der Waals surface area (Å²) in [5.74, 6) is 3.19. The summed E-state index contributed by atoms with van der Waals surface area (Å²) in [6, 6.07) is 7.67. The number of hydrogen-bond donors (Lipinski definition) is 1. The van der Waals surface area contributed by atoms with Gasteiger partial charge in [-0.1, -0.05) is 25.1 Å². The maximum atomic E-state index is 4.01. The first-order chi connectivity index (χ1) is 10.3. The summed E-state index contributed by atoms with van der Waals surface area (Å²) in [6.45, 7) is 2.29. The molecule has 4 bridgehead atoms. The first-order valence-corrected chi connectivity index (χ1v) is 9.13. The Bertz CT molecular complexity index is 538. The smallest absolute Gasteiger partial charge is 0.0408 e. The van der Waals surface area contributed by atoms with Crippen molar-refractivity contribution in [3.63, 3.8) is 0 Å². The molecular weight excluding hydrogens is 254 g/mol. The molecule has 0 aromatic heterocycles. The van der Waals surface area contributed by atoms with Crippen LogP contribution in [-0.2, 0) is 12.8 Å². The average Bonchev–Trinajstić information content (AvgIpc) is 2.90. The van der Waals surface area contributed by atoms with Crippen molar-refractivity contribution in [1.82, 2.24) is 0 Å². The highest BCUT2D eigenvalue weighted by Gasteiger charge is 2.55. The Morgan fingerprint density at radius 3 is 2.33 bits per heavy atom. The van der Waals surface area contributed by atoms with Crippen LogP contribution in [0.3, 0.4) is 0 Å². The van der Waals surface area contributed by atoms with Gasteiger partial charge in [0, 0.05) is 11.7 Å². The fraction of sp³-hybridized carbons (Fsp3) is 0.700. The molecule has 4 aliphatic carbocycles. The molecule has 0 radical (unpaired) electrons. The lowest BCUT2D eigenvalue weighted by atomic mass is 9.47. The number of aryl methyl sites for hydroxylation is 1. The van der Waals surface area contributed by atoms with Crippen LogP contribution in [0.4, 0.5) is 5.69 Å². The molecule has 4 fully saturated rings. The highest BCUT2D eigenvalue weighted by atomic mass is 15.0. The maximum Gasteiger partial charge on any atom is 0.0408 e. The lowest BCUT2D eigenvalue weighted by Crippen LogP contribution is -2.53. The van der Waals surface area contributed by atoms with Crippen LogP contribution in [-0.4, -0.2) is 6.04 Å². The Labute approximate surface area is 128 Å². The molecular formula is C20H27N. The summed E-state index contributed by atoms with van der Waals surface area (Å²) in [6.07, 6.45) is 11.7. The van der Waals surface area contributed by atoms with Gasteiger partial charge in [-0.3, -0.25) is 0 Å². The Kier molecular flexibility index (Phi) is 2.55. The Morgan fingerprint density at radius 2 is 1.71 bits per heavy atom. The number of benzene rings is 1. The van der Waals surface area contributed by atoms with Crippen LogP contribution >= 0.6 is 0 Å². The molecule has 1 atom stereocenters. The Hall–Kier alpha value is -0.980. The molecule has 1 heteroatoms. The predicted molar refractivity (Wildman–Crippen MR) is 87.5 cm³/mol. The predicted octanol–water partition coefficient (Wildman–Crippen LogP) is 4.80. The topological polar surface area (TPSA) is 12.0 Å². The molecule has 0 spiro atoms. The molecule has 1 aromatic rings. The van der Waals surface area contributed by atoms with E-state index in [1.807, 2.05) is 0 Å². The third-order valence-electron chi connectivity index (χ3n) is 7.19. The van der Waals surface area contributed by atoms with E-state index in [2.05, 4.69) is 30.4 Å². The van der Waals surface area contributed by atoms with Crippen molar-refractivity contribution in [2.45, 2.75) is 64.3 Å². The molecule has 1 nitrogen and oxygen atoms in total. The minimum absolute atomic E-state index is 0.638. The van der Waals surface area contributed by atoms with E-state index in [1.54, 1.807) is 24.8 Å². The van der Waals surface area contributed by atoms with Gasteiger partial charge < -0.3 is 5.32 Å². The summed E-state index contributed by atoms with van der Waals surface area (Å²) in [5.41, 5.74) is 5.26. The SMILES string of the molecule is CCc1cccc2c1NC(C13CC4CC(CC(C4)C1)C3)C2. The monoisotopic (exact) mass is 281 g/mol. The van der Waals surface area contributed by atoms with Crippen LogP contribution in [0.2, 0.25) is 0 Å². The summed E-state index contributed by atoms with van der Waals surface area (Å²) >= 11 is 0. The Balaban J connectivity index is 1.48. The van der Waals surface area contributed by atoms with Gasteiger partial charge in [0.25, 0.3) is 0 Å². The largest absolute Gasteiger partial charge is 0.381 e. The summed E-state index contributed by atoms with van der Waals surface area (Å²) in [4.78, 5) is 0. The van der Waals surface area contributed by atoms with Gasteiger partial charge in [-0.2, -0.15) is 0 Å². The minimum atomic E-state index is 0.638. The van der Waals surface area contributed by atoms with Gasteiger partial charge in [-0.15, -0.1) is 0 Å². The molecule has 1 aliphatic heterocycles. The molecule has 4 saturated carbocycles. The fourth-order valence-electron chi connectivity index (χ4n) is 6.72. The van der Waals surface area contributed by atoms with E-state index in [-0.39, 0.29) is 0 Å². The molecule has 112 valence electrons. The highest BCUT2D eigenvalue weighted by molar-refractivity contribution is 5.63. The van der Waals surface area contributed by atoms with Crippen molar-refractivity contribution in [2.75, 3.05) is 5.32 Å². The van der Waals surface area contributed by atoms with Crippen LogP contribution in [0.5, 0.6) is 0 Å². The van der Waals surface area contributed by atoms with Crippen molar-refractivity contribution in [3.8, 4) is 0 Å². The zero-order valence-corrected chi connectivity index (χ0v) is 13.2. The van der Waals surface area contributed by atoms with Crippen LogP contribution in [0.25, 0.3) is 0 Å². The van der Waals surface area contributed by atoms with Crippen molar-refractivity contribution < 1.29 is 0 Å². The normalized spacial score (nSPS) is 42.9. The van der Waals surface area contributed by atoms with Crippen molar-refractivity contribution in [3.05, 3.63) is 29.3 Å². The van der Waals surface area contributed by atoms with Crippen LogP contribution < -0.4 is 5.32 Å². The number of rotatable bonds is 2. The van der Waals surface area contributed by atoms with Crippen molar-refractivity contribution in [1.29, 1.82) is 0 Å². The zero-order valence-electron chi connectivity index (χ0n) is 13.2. The van der Waals surface area contributed by atoms with Crippen LogP contribution in [0, 0.1) is 23.2 Å². The number of anilines is 1. The van der Waals surface area contributed by atoms with Crippen LogP contribution in [0.1, 0.15) is 56.6 Å². The third-order valence-corrected chi connectivity index (χ3v) is 7.19. The molecule has 0 saturated heterocycles. The number of para-hydroxylation sites is 1. The molecule has 21 heavy (non-hydrogen) atoms. The molecule has 6 rings (SSSR count). The van der Waals surface area contributed by atoms with Crippen molar-refractivity contribution in [2.24, 2.45) is 23.2 Å². The number of fused-ring (bicyclic) bond motifs is 1. The summed E-state index contributed by atoms with van der Waals surface area (Å²) < 4.78 is 0. The number of nitrogens with one attached hydrogen (secondary N) is 1. The van der Waals surface area contributed by atoms with Gasteiger partial charge >= 0.3 is 0 Å². The average molecular weight is 281 g/mol. The van der Waals surface area contributed by atoms with Gasteiger partial charge in [0.2, 0.25) is 0 Å². The molecule has 1 aromatic carbocycles. The van der Waals surface area contributed by atoms with E-state index < -0.39 is 0 Å². The van der Waals surface area contributed by atoms with Crippen LogP contribution in [0.15, 0.2) is 18.2 Å². The minimum Gasteiger partial charge on any atom is -0.381 e. The second-order valence-corrected chi connectivity index (χ2v) is 8.49. The second kappa shape index (κ2) is 4.27. The molecule has 1 heterocycles. The van der Waals surface area contributed by atoms with Gasteiger partial charge in [-0.05, 0) is 85.7 Å². The standard InChI is InChI=1S/C20H27N/c1-2-16-4-3-5-17-9-18(21-19(16)17)20-10-13-6-14(11-20)8-15(7-13)12-20/h3-5,13-15,18,21H,2,6-12H2,1H3. The Morgan fingerprint density at radius 1 is 1.05 bits per heavy atom. The molecule has 5 aliphatic rings. The highest BCUT2D eigenvalue weighted by Crippen LogP contribution is 2.62. The van der Waals surface area contributed by atoms with Gasteiger partial charge in [-0.25, -0.2) is 0 Å². The summed E-state index contributed by atoms with van der Waals surface area (Å²) in [7, 11) is 0. The van der Waals surface area contributed by atoms with E-state index >= 15 is 0 Å². The second-order valence-electron chi connectivity index (χ2n) is 8.49. The summed E-state index contributed by atoms with van der Waals surface area (Å²) in [5, 5.41) is 4.01. The molecule has 0 amide bonds. The molecule has 1 unspecified atom stereocenters. The van der Waals surface area contributed by atoms with Gasteiger partial charge in [0.05, 0.1) is 0 Å². The number of hydrogen-bond acceptors (Lipinski definition) is 1. The quantitative estimate of drug-likeness (QED) is 0.821. The first kappa shape index (κ1) is 12.6. The van der Waals surface area contributed by atoms with E-state index in [9.17, 15) is 0 Å². The maximum absolute atomic E-state index is 4.01. The first-order valence-electron chi connectivity index (χ1n) is 9.13. The van der Waals surface area contributed by atoms with Gasteiger partial charge in [0.1, 0.15) is 0 Å². The third kappa shape index (κ3) is 1.76. The van der Waals surface area contributed by atoms with E-state index in [0.717, 1.165) is 30.2 Å². The fourth-order valence-corrected chi connectivity index (χ4v) is 6.72. The van der Waals surface area contributed by atoms with Gasteiger partial charge in [0.15, 0.2) is 0 Å². The lowest BCUT2D eigenvalue weighted by Gasteiger charge is -2.59. The lowest BCUT2D eigenvalue weighted by molar-refractivity contribution is -0.0619. The molecule has 1 N–H and O–H groups in total. The zero-order chi connectivity index (χ0) is 14.0. The van der Waals surface area contributed by atoms with E-state index in [4.69, 9.17) is 0 Å². The van der Waals surface area contributed by atoms with E-state index in [0.29, 0.717) is 5.41 Å². The van der Waals surface area contributed by atoms with Crippen molar-refractivity contribution >= 4 is 5.69 Å². The van der Waals surface area contributed by atoms with E-state index in [1.165, 1.54) is 36.9 Å².